The van der Waals surface area contributed by atoms with Gasteiger partial charge in [0.1, 0.15) is 140 Å². The van der Waals surface area contributed by atoms with Crippen LogP contribution in [0.3, 0.4) is 0 Å². The van der Waals surface area contributed by atoms with Gasteiger partial charge in [-0.2, -0.15) is 0 Å². The quantitative estimate of drug-likeness (QED) is 0.0683. The summed E-state index contributed by atoms with van der Waals surface area (Å²) in [6, 6.07) is 0. The van der Waals surface area contributed by atoms with Crippen molar-refractivity contribution >= 4 is 0 Å². The van der Waals surface area contributed by atoms with Crippen LogP contribution in [0.4, 0.5) is 0 Å². The van der Waals surface area contributed by atoms with Gasteiger partial charge < -0.3 is 149 Å². The lowest BCUT2D eigenvalue weighted by Crippen LogP contribution is -2.68. The van der Waals surface area contributed by atoms with E-state index in [-0.39, 0.29) is 0 Å². The molecular formula is C35H60O30. The van der Waals surface area contributed by atoms with Crippen molar-refractivity contribution < 1.29 is 149 Å². The highest BCUT2D eigenvalue weighted by molar-refractivity contribution is 4.99. The van der Waals surface area contributed by atoms with Crippen LogP contribution in [0.25, 0.3) is 0 Å². The number of aliphatic hydroxyl groups is 19. The van der Waals surface area contributed by atoms with E-state index in [1.165, 1.54) is 0 Å². The lowest BCUT2D eigenvalue weighted by atomic mass is 9.95. The minimum absolute atomic E-state index is 0.665. The Bertz CT molecular complexity index is 1450. The molecule has 29 atom stereocenters. The first-order valence-electron chi connectivity index (χ1n) is 20.6. The van der Waals surface area contributed by atoms with Crippen LogP contribution in [-0.4, -0.2) is 315 Å². The van der Waals surface area contributed by atoms with Crippen LogP contribution in [-0.2, 0) is 52.1 Å². The molecular weight excluding hydrogens is 900 g/mol. The second-order valence-corrected chi connectivity index (χ2v) is 16.3. The van der Waals surface area contributed by atoms with Gasteiger partial charge in [-0.1, -0.05) is 0 Å². The van der Waals surface area contributed by atoms with E-state index in [1.807, 2.05) is 0 Å². The maximum atomic E-state index is 11.2. The molecule has 0 spiro atoms. The highest BCUT2D eigenvalue weighted by Crippen LogP contribution is 2.36. The van der Waals surface area contributed by atoms with Crippen molar-refractivity contribution in [1.29, 1.82) is 0 Å². The molecule has 380 valence electrons. The van der Waals surface area contributed by atoms with E-state index in [1.54, 1.807) is 0 Å². The number of ether oxygens (including phenoxy) is 11. The van der Waals surface area contributed by atoms with E-state index in [0.29, 0.717) is 0 Å². The van der Waals surface area contributed by atoms with E-state index >= 15 is 0 Å². The number of hydrogen-bond acceptors (Lipinski definition) is 30. The van der Waals surface area contributed by atoms with Gasteiger partial charge in [-0.15, -0.1) is 0 Å². The number of hydrogen-bond donors (Lipinski definition) is 19. The fraction of sp³-hybridized carbons (Fsp3) is 1.00. The molecule has 30 heteroatoms. The first kappa shape index (κ1) is 53.2. The maximum Gasteiger partial charge on any atom is 0.187 e. The maximum absolute atomic E-state index is 11.2. The van der Waals surface area contributed by atoms with Crippen molar-refractivity contribution in [3.8, 4) is 0 Å². The van der Waals surface area contributed by atoms with Gasteiger partial charge in [0.2, 0.25) is 0 Å². The summed E-state index contributed by atoms with van der Waals surface area (Å²) in [4.78, 5) is 0. The van der Waals surface area contributed by atoms with Gasteiger partial charge in [-0.3, -0.25) is 0 Å². The summed E-state index contributed by atoms with van der Waals surface area (Å²) >= 11 is 0. The average molecular weight is 961 g/mol. The molecule has 1 unspecified atom stereocenters. The third-order valence-electron chi connectivity index (χ3n) is 12.1. The molecule has 65 heavy (non-hydrogen) atoms. The normalized spacial score (nSPS) is 53.3. The van der Waals surface area contributed by atoms with E-state index in [9.17, 15) is 97.0 Å². The summed E-state index contributed by atoms with van der Waals surface area (Å²) in [6.45, 7) is -5.17. The predicted octanol–water partition coefficient (Wildman–Crippen LogP) is -13.5. The molecule has 6 fully saturated rings. The third kappa shape index (κ3) is 10.9. The Kier molecular flexibility index (Phi) is 18.6. The van der Waals surface area contributed by atoms with Gasteiger partial charge in [0.25, 0.3) is 0 Å². The Morgan fingerprint density at radius 2 is 0.538 bits per heavy atom. The van der Waals surface area contributed by atoms with Crippen molar-refractivity contribution in [2.45, 2.75) is 178 Å². The zero-order chi connectivity index (χ0) is 47.8. The molecule has 6 aliphatic rings. The Morgan fingerprint density at radius 3 is 0.892 bits per heavy atom. The molecule has 0 amide bonds. The zero-order valence-corrected chi connectivity index (χ0v) is 34.0. The lowest BCUT2D eigenvalue weighted by Gasteiger charge is -2.49. The van der Waals surface area contributed by atoms with Crippen LogP contribution in [0.2, 0.25) is 0 Å². The van der Waals surface area contributed by atoms with Gasteiger partial charge in [0, 0.05) is 0 Å². The molecule has 0 radical (unpaired) electrons. The smallest absolute Gasteiger partial charge is 0.187 e. The summed E-state index contributed by atoms with van der Waals surface area (Å²) in [5.41, 5.74) is 0. The molecule has 6 heterocycles. The van der Waals surface area contributed by atoms with Crippen LogP contribution >= 0.6 is 0 Å². The first-order valence-corrected chi connectivity index (χ1v) is 20.6. The summed E-state index contributed by atoms with van der Waals surface area (Å²) in [5.74, 6) is 0. The molecule has 0 aliphatic carbocycles. The van der Waals surface area contributed by atoms with Crippen LogP contribution in [0.1, 0.15) is 0 Å². The van der Waals surface area contributed by atoms with Crippen LogP contribution < -0.4 is 0 Å². The molecule has 0 bridgehead atoms. The standard InChI is InChI=1S/C35H60O30/c36-1-7-13(41)21(49)31(57-7)55-6-12-14(42)15(43)22(50)32(61-12)63-27-9(3-38)59-34(24(52)17(27)45)65-29-11(5-40)60-35(25(53)19(29)47)64-28-10(4-39)58-33(23(51)18(28)46)62-26-8(2-37)56-30(54)20(48)16(26)44/h7-54H,1-6H2/t7-,8-,9-,10-,11-,12-,13-,14-,15+,16-,17-,18-,19-,20-,21-,22-,23-,24-,25-,26-,27-,28-,29-,30?,31-,32-,33-,34-,35-/m1/s1. The largest absolute Gasteiger partial charge is 0.394 e. The van der Waals surface area contributed by atoms with Gasteiger partial charge in [0.05, 0.1) is 39.6 Å². The van der Waals surface area contributed by atoms with Gasteiger partial charge in [-0.25, -0.2) is 0 Å². The molecule has 19 N–H and O–H groups in total. The minimum atomic E-state index is -2.16. The Labute approximate surface area is 366 Å². The topological polar surface area (TPSA) is 486 Å². The van der Waals surface area contributed by atoms with E-state index < -0.39 is 218 Å². The van der Waals surface area contributed by atoms with Gasteiger partial charge >= 0.3 is 0 Å². The molecule has 6 rings (SSSR count). The predicted molar refractivity (Wildman–Crippen MR) is 193 cm³/mol. The Balaban J connectivity index is 1.06. The molecule has 6 saturated heterocycles. The van der Waals surface area contributed by atoms with Gasteiger partial charge in [0.15, 0.2) is 37.7 Å². The van der Waals surface area contributed by atoms with E-state index in [4.69, 9.17) is 52.1 Å². The highest BCUT2D eigenvalue weighted by atomic mass is 16.8. The Morgan fingerprint density at radius 1 is 0.262 bits per heavy atom. The third-order valence-corrected chi connectivity index (χ3v) is 12.1. The molecule has 0 aromatic carbocycles. The molecule has 6 aliphatic heterocycles. The van der Waals surface area contributed by atoms with Crippen molar-refractivity contribution in [1.82, 2.24) is 0 Å². The van der Waals surface area contributed by atoms with E-state index in [2.05, 4.69) is 0 Å². The molecule has 0 saturated carbocycles. The minimum Gasteiger partial charge on any atom is -0.394 e. The van der Waals surface area contributed by atoms with Crippen molar-refractivity contribution in [3.05, 3.63) is 0 Å². The van der Waals surface area contributed by atoms with Crippen LogP contribution in [0.5, 0.6) is 0 Å². The van der Waals surface area contributed by atoms with Crippen LogP contribution in [0.15, 0.2) is 0 Å². The zero-order valence-electron chi connectivity index (χ0n) is 34.0. The second-order valence-electron chi connectivity index (χ2n) is 16.3. The number of aliphatic hydroxyl groups excluding tert-OH is 19. The fourth-order valence-electron chi connectivity index (χ4n) is 8.21. The molecule has 30 nitrogen and oxygen atoms in total. The summed E-state index contributed by atoms with van der Waals surface area (Å²) in [6.07, 6.45) is -53.1. The molecule has 0 aromatic heterocycles. The monoisotopic (exact) mass is 960 g/mol. The lowest BCUT2D eigenvalue weighted by molar-refractivity contribution is -0.393. The first-order chi connectivity index (χ1) is 30.8. The van der Waals surface area contributed by atoms with Gasteiger partial charge in [-0.05, 0) is 0 Å². The SMILES string of the molecule is OC[C@H]1O[C@@H](OC[C@H]2O[C@H](O[C@H]3[C@H](O)[C@@H](O)[C@@H](O[C@H]4[C@H](O)[C@@H](O)[C@@H](O[C@H]5[C@H](O)[C@@H](O)[C@@H](O[C@H]6[C@H](O)[C@@H](O)C(O)O[C@@H]6CO)O[C@@H]5CO)O[C@@H]4CO)O[C@@H]3CO)[C@H](O)[C@@H](O)[C@@H]2O)[C@H](O)[C@@H]1O. The van der Waals surface area contributed by atoms with Crippen LogP contribution in [0, 0.1) is 0 Å². The summed E-state index contributed by atoms with van der Waals surface area (Å²) in [7, 11) is 0. The second kappa shape index (κ2) is 22.7. The summed E-state index contributed by atoms with van der Waals surface area (Å²) < 4.78 is 60.3. The Hall–Kier alpha value is -1.20. The highest BCUT2D eigenvalue weighted by Gasteiger charge is 2.56. The number of rotatable bonds is 16. The molecule has 0 aromatic rings. The van der Waals surface area contributed by atoms with Crippen molar-refractivity contribution in [2.75, 3.05) is 39.6 Å². The summed E-state index contributed by atoms with van der Waals surface area (Å²) in [5, 5.41) is 198. The fourth-order valence-corrected chi connectivity index (χ4v) is 8.21. The average Bonchev–Trinajstić information content (AvgIpc) is 3.58. The van der Waals surface area contributed by atoms with Crippen molar-refractivity contribution in [2.24, 2.45) is 0 Å². The van der Waals surface area contributed by atoms with Crippen molar-refractivity contribution in [3.63, 3.8) is 0 Å². The van der Waals surface area contributed by atoms with E-state index in [0.717, 1.165) is 0 Å².